The number of amides is 4. The number of hydrogen-bond donors (Lipinski definition) is 2. The van der Waals surface area contributed by atoms with Crippen LogP contribution in [-0.2, 0) is 22.4 Å². The van der Waals surface area contributed by atoms with E-state index >= 15 is 0 Å². The molecule has 2 heterocycles. The Labute approximate surface area is 193 Å². The van der Waals surface area contributed by atoms with Crippen molar-refractivity contribution in [2.45, 2.75) is 38.1 Å². The van der Waals surface area contributed by atoms with Gasteiger partial charge in [0.1, 0.15) is 17.2 Å². The first-order valence-corrected chi connectivity index (χ1v) is 10.7. The largest absolute Gasteiger partial charge is 0.441 e. The Kier molecular flexibility index (Phi) is 6.40. The average molecular weight is 468 g/mol. The zero-order valence-electron chi connectivity index (χ0n) is 18.3. The van der Waals surface area contributed by atoms with Gasteiger partial charge >= 0.3 is 6.03 Å². The van der Waals surface area contributed by atoms with Crippen LogP contribution >= 0.6 is 0 Å². The van der Waals surface area contributed by atoms with Crippen molar-refractivity contribution in [2.24, 2.45) is 0 Å². The normalized spacial score (nSPS) is 17.7. The molecule has 4 amide bonds. The molecule has 1 aliphatic heterocycles. The number of hydrazine groups is 1. The number of aromatic nitrogens is 1. The van der Waals surface area contributed by atoms with Gasteiger partial charge in [0.15, 0.2) is 11.7 Å². The lowest BCUT2D eigenvalue weighted by Gasteiger charge is -2.21. The summed E-state index contributed by atoms with van der Waals surface area (Å²) >= 11 is 0. The summed E-state index contributed by atoms with van der Waals surface area (Å²) < 4.78 is 32.4. The number of aryl methyl sites for hydroxylation is 2. The Balaban J connectivity index is 1.32. The topological polar surface area (TPSA) is 105 Å². The standard InChI is InChI=1S/C24H22F2N4O4/c1-24(12-11-15-5-3-2-4-6-15)22(32)30(23(33)28-24)29-20(31)9-10-21-27-14-19(34-21)17-8-7-16(25)13-18(17)26/h2-8,13-14H,9-12H2,1H3,(H,28,33)(H,29,31). The highest BCUT2D eigenvalue weighted by molar-refractivity contribution is 6.07. The van der Waals surface area contributed by atoms with Gasteiger partial charge in [-0.3, -0.25) is 15.0 Å². The van der Waals surface area contributed by atoms with Crippen LogP contribution in [0.15, 0.2) is 59.1 Å². The average Bonchev–Trinajstić information content (AvgIpc) is 3.36. The van der Waals surface area contributed by atoms with Crippen LogP contribution in [0.5, 0.6) is 0 Å². The van der Waals surface area contributed by atoms with E-state index in [-0.39, 0.29) is 30.1 Å². The quantitative estimate of drug-likeness (QED) is 0.492. The van der Waals surface area contributed by atoms with Crippen molar-refractivity contribution in [3.05, 3.63) is 77.8 Å². The molecule has 1 fully saturated rings. The minimum absolute atomic E-state index is 0.0405. The van der Waals surface area contributed by atoms with Gasteiger partial charge in [-0.15, -0.1) is 0 Å². The summed E-state index contributed by atoms with van der Waals surface area (Å²) in [6.45, 7) is 1.62. The van der Waals surface area contributed by atoms with Crippen LogP contribution in [0.4, 0.5) is 13.6 Å². The van der Waals surface area contributed by atoms with Crippen molar-refractivity contribution in [3.8, 4) is 11.3 Å². The Hall–Kier alpha value is -4.08. The molecule has 3 aromatic rings. The lowest BCUT2D eigenvalue weighted by molar-refractivity contribution is -0.138. The highest BCUT2D eigenvalue weighted by atomic mass is 19.1. The molecule has 4 rings (SSSR count). The number of nitrogens with one attached hydrogen (secondary N) is 2. The summed E-state index contributed by atoms with van der Waals surface area (Å²) in [5, 5.41) is 3.32. The minimum atomic E-state index is -1.14. The molecule has 2 N–H and O–H groups in total. The van der Waals surface area contributed by atoms with Crippen LogP contribution in [0.2, 0.25) is 0 Å². The van der Waals surface area contributed by atoms with E-state index in [0.717, 1.165) is 17.7 Å². The van der Waals surface area contributed by atoms with Crippen molar-refractivity contribution in [2.75, 3.05) is 0 Å². The molecule has 0 aliphatic carbocycles. The predicted molar refractivity (Wildman–Crippen MR) is 117 cm³/mol. The van der Waals surface area contributed by atoms with Gasteiger partial charge in [-0.2, -0.15) is 5.01 Å². The van der Waals surface area contributed by atoms with E-state index in [9.17, 15) is 23.2 Å². The molecule has 8 nitrogen and oxygen atoms in total. The highest BCUT2D eigenvalue weighted by Gasteiger charge is 2.48. The lowest BCUT2D eigenvalue weighted by atomic mass is 9.93. The Morgan fingerprint density at radius 1 is 1.15 bits per heavy atom. The third-order valence-corrected chi connectivity index (χ3v) is 5.57. The van der Waals surface area contributed by atoms with Crippen LogP contribution in [-0.4, -0.2) is 33.4 Å². The fourth-order valence-electron chi connectivity index (χ4n) is 3.64. The summed E-state index contributed by atoms with van der Waals surface area (Å²) in [4.78, 5) is 41.5. The van der Waals surface area contributed by atoms with Crippen LogP contribution in [0.1, 0.15) is 31.2 Å². The molecule has 176 valence electrons. The third kappa shape index (κ3) is 4.95. The maximum Gasteiger partial charge on any atom is 0.344 e. The maximum atomic E-state index is 13.9. The first-order chi connectivity index (χ1) is 16.2. The highest BCUT2D eigenvalue weighted by Crippen LogP contribution is 2.25. The predicted octanol–water partition coefficient (Wildman–Crippen LogP) is 3.53. The molecule has 1 aliphatic rings. The van der Waals surface area contributed by atoms with E-state index in [1.54, 1.807) is 6.92 Å². The van der Waals surface area contributed by atoms with Crippen LogP contribution in [0, 0.1) is 11.6 Å². The molecule has 34 heavy (non-hydrogen) atoms. The van der Waals surface area contributed by atoms with Crippen LogP contribution < -0.4 is 10.7 Å². The minimum Gasteiger partial charge on any atom is -0.441 e. The fourth-order valence-corrected chi connectivity index (χ4v) is 3.64. The van der Waals surface area contributed by atoms with Gasteiger partial charge in [0.2, 0.25) is 5.91 Å². The number of imide groups is 1. The first-order valence-electron chi connectivity index (χ1n) is 10.7. The van der Waals surface area contributed by atoms with Crippen molar-refractivity contribution in [3.63, 3.8) is 0 Å². The molecular weight excluding hydrogens is 446 g/mol. The molecule has 10 heteroatoms. The second-order valence-electron chi connectivity index (χ2n) is 8.17. The molecule has 0 bridgehead atoms. The van der Waals surface area contributed by atoms with E-state index in [1.807, 2.05) is 30.3 Å². The first kappa shape index (κ1) is 23.1. The monoisotopic (exact) mass is 468 g/mol. The summed E-state index contributed by atoms with van der Waals surface area (Å²) in [5.74, 6) is -2.41. The number of rotatable bonds is 8. The lowest BCUT2D eigenvalue weighted by Crippen LogP contribution is -2.49. The molecule has 2 aromatic carbocycles. The van der Waals surface area contributed by atoms with Gasteiger partial charge in [0.05, 0.1) is 11.8 Å². The van der Waals surface area contributed by atoms with Gasteiger partial charge in [-0.05, 0) is 37.5 Å². The molecule has 0 spiro atoms. The van der Waals surface area contributed by atoms with Crippen molar-refractivity contribution < 1.29 is 27.6 Å². The molecule has 0 radical (unpaired) electrons. The van der Waals surface area contributed by atoms with Gasteiger partial charge in [-0.25, -0.2) is 18.6 Å². The number of urea groups is 1. The van der Waals surface area contributed by atoms with Crippen molar-refractivity contribution in [1.29, 1.82) is 0 Å². The van der Waals surface area contributed by atoms with E-state index in [0.29, 0.717) is 17.9 Å². The second kappa shape index (κ2) is 9.42. The van der Waals surface area contributed by atoms with Gasteiger partial charge < -0.3 is 9.73 Å². The number of halogens is 2. The maximum absolute atomic E-state index is 13.9. The SMILES string of the molecule is CC1(CCc2ccccc2)NC(=O)N(NC(=O)CCc2ncc(-c3ccc(F)cc3F)o2)C1=O. The summed E-state index contributed by atoms with van der Waals surface area (Å²) in [6.07, 6.45) is 2.13. The Bertz CT molecular complexity index is 1230. The molecule has 1 atom stereocenters. The summed E-state index contributed by atoms with van der Waals surface area (Å²) in [6, 6.07) is 11.9. The smallest absolute Gasteiger partial charge is 0.344 e. The second-order valence-corrected chi connectivity index (χ2v) is 8.17. The number of benzene rings is 2. The molecule has 1 aromatic heterocycles. The molecular formula is C24H22F2N4O4. The van der Waals surface area contributed by atoms with E-state index < -0.39 is 35.0 Å². The zero-order chi connectivity index (χ0) is 24.3. The fraction of sp³-hybridized carbons (Fsp3) is 0.250. The Morgan fingerprint density at radius 2 is 1.91 bits per heavy atom. The number of nitrogens with zero attached hydrogens (tertiary/aromatic N) is 2. The van der Waals surface area contributed by atoms with Gasteiger partial charge in [-0.1, -0.05) is 30.3 Å². The molecule has 1 saturated heterocycles. The summed E-state index contributed by atoms with van der Waals surface area (Å²) in [5.41, 5.74) is 2.24. The zero-order valence-corrected chi connectivity index (χ0v) is 18.3. The number of carbonyl (C=O) groups excluding carboxylic acids is 3. The summed E-state index contributed by atoms with van der Waals surface area (Å²) in [7, 11) is 0. The molecule has 1 unspecified atom stereocenters. The van der Waals surface area contributed by atoms with E-state index in [4.69, 9.17) is 4.42 Å². The number of hydrogen-bond acceptors (Lipinski definition) is 5. The van der Waals surface area contributed by atoms with Crippen LogP contribution in [0.3, 0.4) is 0 Å². The molecule has 0 saturated carbocycles. The van der Waals surface area contributed by atoms with Crippen molar-refractivity contribution in [1.82, 2.24) is 20.7 Å². The Morgan fingerprint density at radius 3 is 2.65 bits per heavy atom. The number of oxazole rings is 1. The third-order valence-electron chi connectivity index (χ3n) is 5.57. The van der Waals surface area contributed by atoms with Crippen LogP contribution in [0.25, 0.3) is 11.3 Å². The van der Waals surface area contributed by atoms with E-state index in [1.165, 1.54) is 12.3 Å². The van der Waals surface area contributed by atoms with Gasteiger partial charge in [0.25, 0.3) is 5.91 Å². The van der Waals surface area contributed by atoms with Gasteiger partial charge in [0, 0.05) is 18.9 Å². The number of carbonyl (C=O) groups is 3. The van der Waals surface area contributed by atoms with E-state index in [2.05, 4.69) is 15.7 Å². The van der Waals surface area contributed by atoms with Crippen molar-refractivity contribution >= 4 is 17.8 Å².